The quantitative estimate of drug-likeness (QED) is 0.386. The highest BCUT2D eigenvalue weighted by molar-refractivity contribution is 5.83. The lowest BCUT2D eigenvalue weighted by Gasteiger charge is -2.30. The molecular formula is C22H28N6O5. The molecule has 2 unspecified atom stereocenters. The minimum Gasteiger partial charge on any atom is -0.387 e. The number of carbonyl (C=O) groups is 1. The van der Waals surface area contributed by atoms with Gasteiger partial charge in [0.2, 0.25) is 5.82 Å². The van der Waals surface area contributed by atoms with E-state index in [1.807, 2.05) is 0 Å². The van der Waals surface area contributed by atoms with Crippen LogP contribution >= 0.6 is 0 Å². The van der Waals surface area contributed by atoms with Crippen LogP contribution in [0.25, 0.3) is 11.2 Å². The highest BCUT2D eigenvalue weighted by Crippen LogP contribution is 2.34. The number of fused-ring (bicyclic) bond motifs is 1. The maximum absolute atomic E-state index is 12.4. The van der Waals surface area contributed by atoms with Gasteiger partial charge < -0.3 is 31.1 Å². The second-order valence-electron chi connectivity index (χ2n) is 9.45. The maximum atomic E-state index is 12.4. The Morgan fingerprint density at radius 2 is 2.09 bits per heavy atom. The molecule has 0 spiro atoms. The summed E-state index contributed by atoms with van der Waals surface area (Å²) in [6.45, 7) is 2.09. The molecule has 0 radical (unpaired) electrons. The number of nitrogens with zero attached hydrogens (tertiary/aromatic N) is 4. The molecule has 2 aromatic heterocycles. The molecule has 6 N–H and O–H groups in total. The molecule has 1 aliphatic heterocycles. The summed E-state index contributed by atoms with van der Waals surface area (Å²) in [5.74, 6) is 5.83. The molecule has 11 heteroatoms. The molecule has 0 aromatic carbocycles. The Morgan fingerprint density at radius 1 is 1.30 bits per heavy atom. The monoisotopic (exact) mass is 456 g/mol. The van der Waals surface area contributed by atoms with Gasteiger partial charge in [-0.1, -0.05) is 19.3 Å². The largest absolute Gasteiger partial charge is 0.387 e. The predicted octanol–water partition coefficient (Wildman–Crippen LogP) is -0.401. The Morgan fingerprint density at radius 3 is 2.82 bits per heavy atom. The maximum Gasteiger partial charge on any atom is 0.252 e. The molecule has 1 amide bonds. The average molecular weight is 457 g/mol. The van der Waals surface area contributed by atoms with Gasteiger partial charge in [0.1, 0.15) is 23.3 Å². The number of anilines is 1. The van der Waals surface area contributed by atoms with Gasteiger partial charge in [0.15, 0.2) is 23.8 Å². The van der Waals surface area contributed by atoms with E-state index in [2.05, 4.69) is 39.0 Å². The highest BCUT2D eigenvalue weighted by atomic mass is 16.6. The van der Waals surface area contributed by atoms with Crippen molar-refractivity contribution >= 4 is 22.9 Å². The average Bonchev–Trinajstić information content (AvgIpc) is 3.40. The fourth-order valence-electron chi connectivity index (χ4n) is 4.61. The van der Waals surface area contributed by atoms with Crippen molar-refractivity contribution in [3.8, 4) is 11.8 Å². The van der Waals surface area contributed by atoms with Crippen LogP contribution in [0.2, 0.25) is 0 Å². The van der Waals surface area contributed by atoms with Crippen molar-refractivity contribution in [2.75, 3.05) is 5.73 Å². The van der Waals surface area contributed by atoms with Crippen molar-refractivity contribution in [1.82, 2.24) is 24.8 Å². The Kier molecular flexibility index (Phi) is 5.49. The minimum absolute atomic E-state index is 0.0862. The van der Waals surface area contributed by atoms with Crippen LogP contribution in [0.4, 0.5) is 5.82 Å². The first kappa shape index (κ1) is 22.0. The van der Waals surface area contributed by atoms with Gasteiger partial charge in [-0.3, -0.25) is 9.36 Å². The number of aromatic nitrogens is 4. The number of nitrogens with one attached hydrogen (secondary N) is 1. The molecule has 5 rings (SSSR count). The van der Waals surface area contributed by atoms with Gasteiger partial charge in [-0.2, -0.15) is 0 Å². The van der Waals surface area contributed by atoms with Crippen molar-refractivity contribution in [2.24, 2.45) is 5.92 Å². The normalized spacial score (nSPS) is 34.1. The number of carbonyl (C=O) groups excluding carboxylic acids is 1. The number of nitrogen functional groups attached to an aromatic ring is 1. The van der Waals surface area contributed by atoms with Crippen molar-refractivity contribution in [3.05, 3.63) is 12.2 Å². The lowest BCUT2D eigenvalue weighted by atomic mass is 9.79. The minimum atomic E-state index is -1.41. The van der Waals surface area contributed by atoms with Crippen LogP contribution in [0.3, 0.4) is 0 Å². The molecule has 3 fully saturated rings. The molecule has 2 aliphatic carbocycles. The van der Waals surface area contributed by atoms with E-state index in [4.69, 9.17) is 10.5 Å². The summed E-state index contributed by atoms with van der Waals surface area (Å²) in [4.78, 5) is 25.2. The summed E-state index contributed by atoms with van der Waals surface area (Å²) in [7, 11) is 0. The summed E-state index contributed by atoms with van der Waals surface area (Å²) in [6, 6.07) is 0.0919. The van der Waals surface area contributed by atoms with Crippen LogP contribution in [0.1, 0.15) is 57.5 Å². The van der Waals surface area contributed by atoms with Gasteiger partial charge in [0.25, 0.3) is 5.91 Å². The summed E-state index contributed by atoms with van der Waals surface area (Å²) < 4.78 is 7.14. The highest BCUT2D eigenvalue weighted by Gasteiger charge is 2.48. The van der Waals surface area contributed by atoms with E-state index in [0.717, 1.165) is 25.7 Å². The SMILES string of the molecule is C[C@@H]1CCC[C@@](O)(C#Cc2nc(N)c3ncn([C@@H]4O[C@H](C(=O)NC5CC5)C(O)C4O)c3n2)C1. The summed E-state index contributed by atoms with van der Waals surface area (Å²) >= 11 is 0. The molecule has 6 atom stereocenters. The van der Waals surface area contributed by atoms with Crippen LogP contribution in [0, 0.1) is 17.8 Å². The third-order valence-electron chi connectivity index (χ3n) is 6.52. The van der Waals surface area contributed by atoms with Gasteiger partial charge in [-0.25, -0.2) is 15.0 Å². The van der Waals surface area contributed by atoms with Crippen molar-refractivity contribution < 1.29 is 24.9 Å². The number of hydrogen-bond acceptors (Lipinski definition) is 9. The number of aliphatic hydroxyl groups excluding tert-OH is 2. The van der Waals surface area contributed by atoms with E-state index in [1.54, 1.807) is 0 Å². The van der Waals surface area contributed by atoms with Crippen molar-refractivity contribution in [2.45, 2.75) is 81.6 Å². The van der Waals surface area contributed by atoms with E-state index in [1.165, 1.54) is 10.9 Å². The lowest BCUT2D eigenvalue weighted by Crippen LogP contribution is -2.43. The molecular weight excluding hydrogens is 428 g/mol. The fraction of sp³-hybridized carbons (Fsp3) is 0.636. The number of hydrogen-bond donors (Lipinski definition) is 5. The third kappa shape index (κ3) is 4.27. The number of nitrogens with two attached hydrogens (primary N) is 1. The molecule has 3 heterocycles. The second-order valence-corrected chi connectivity index (χ2v) is 9.45. The van der Waals surface area contributed by atoms with Crippen LogP contribution in [-0.4, -0.2) is 70.7 Å². The summed E-state index contributed by atoms with van der Waals surface area (Å²) in [6.07, 6.45) is 1.17. The zero-order valence-corrected chi connectivity index (χ0v) is 18.3. The third-order valence-corrected chi connectivity index (χ3v) is 6.52. The number of aliphatic hydroxyl groups is 3. The van der Waals surface area contributed by atoms with Gasteiger partial charge in [-0.15, -0.1) is 0 Å². The Labute approximate surface area is 190 Å². The van der Waals surface area contributed by atoms with E-state index in [0.29, 0.717) is 18.8 Å². The number of rotatable bonds is 3. The Balaban J connectivity index is 1.43. The van der Waals surface area contributed by atoms with Crippen LogP contribution in [0.15, 0.2) is 6.33 Å². The van der Waals surface area contributed by atoms with Crippen LogP contribution in [-0.2, 0) is 9.53 Å². The first-order valence-electron chi connectivity index (χ1n) is 11.3. The number of imidazole rings is 1. The molecule has 11 nitrogen and oxygen atoms in total. The Hall–Kier alpha value is -2.78. The van der Waals surface area contributed by atoms with Crippen molar-refractivity contribution in [1.29, 1.82) is 0 Å². The Bertz CT molecular complexity index is 1140. The van der Waals surface area contributed by atoms with E-state index in [-0.39, 0.29) is 28.8 Å². The first-order valence-corrected chi connectivity index (χ1v) is 11.3. The van der Waals surface area contributed by atoms with E-state index < -0.39 is 36.0 Å². The molecule has 33 heavy (non-hydrogen) atoms. The van der Waals surface area contributed by atoms with Crippen molar-refractivity contribution in [3.63, 3.8) is 0 Å². The zero-order valence-electron chi connectivity index (χ0n) is 18.3. The van der Waals surface area contributed by atoms with Gasteiger partial charge in [0.05, 0.1) is 6.33 Å². The fourth-order valence-corrected chi connectivity index (χ4v) is 4.61. The van der Waals surface area contributed by atoms with Gasteiger partial charge in [0, 0.05) is 6.04 Å². The lowest BCUT2D eigenvalue weighted by molar-refractivity contribution is -0.137. The standard InChI is InChI=1S/C22H28N6O5/c1-11-3-2-7-22(32,9-11)8-6-13-26-18(23)14-19(27-13)28(10-24-14)21-16(30)15(29)17(33-21)20(31)25-12-4-5-12/h10-12,15-17,21,29-30,32H,2-5,7,9H2,1H3,(H,25,31)(H2,23,26,27)/t11-,15?,16?,17+,21-,22-/m1/s1. The second kappa shape index (κ2) is 8.22. The number of ether oxygens (including phenoxy) is 1. The zero-order chi connectivity index (χ0) is 23.3. The van der Waals surface area contributed by atoms with Gasteiger partial charge in [-0.05, 0) is 43.9 Å². The van der Waals surface area contributed by atoms with Crippen LogP contribution < -0.4 is 11.1 Å². The predicted molar refractivity (Wildman–Crippen MR) is 116 cm³/mol. The summed E-state index contributed by atoms with van der Waals surface area (Å²) in [5.41, 5.74) is 5.49. The summed E-state index contributed by atoms with van der Waals surface area (Å²) in [5, 5.41) is 34.6. The topological polar surface area (TPSA) is 169 Å². The van der Waals surface area contributed by atoms with E-state index in [9.17, 15) is 20.1 Å². The molecule has 1 saturated heterocycles. The molecule has 2 saturated carbocycles. The van der Waals surface area contributed by atoms with E-state index >= 15 is 0 Å². The number of amides is 1. The first-order chi connectivity index (χ1) is 15.7. The smallest absolute Gasteiger partial charge is 0.252 e. The molecule has 2 aromatic rings. The molecule has 0 bridgehead atoms. The van der Waals surface area contributed by atoms with Crippen LogP contribution in [0.5, 0.6) is 0 Å². The molecule has 176 valence electrons. The van der Waals surface area contributed by atoms with Gasteiger partial charge >= 0.3 is 0 Å². The molecule has 3 aliphatic rings.